The number of rotatable bonds is 3. The van der Waals surface area contributed by atoms with E-state index >= 15 is 0 Å². The van der Waals surface area contributed by atoms with Gasteiger partial charge in [-0.1, -0.05) is 27.7 Å². The second-order valence-corrected chi connectivity index (χ2v) is 8.73. The normalized spacial score (nSPS) is 28.6. The van der Waals surface area contributed by atoms with Crippen molar-refractivity contribution in [2.45, 2.75) is 34.1 Å². The Kier molecular flexibility index (Phi) is 3.75. The van der Waals surface area contributed by atoms with Crippen LogP contribution in [0.5, 0.6) is 0 Å². The van der Waals surface area contributed by atoms with Crippen LogP contribution in [0.25, 0.3) is 0 Å². The first-order valence-corrected chi connectivity index (χ1v) is 8.00. The summed E-state index contributed by atoms with van der Waals surface area (Å²) in [6, 6.07) is 0. The molecule has 1 saturated heterocycles. The van der Waals surface area contributed by atoms with Gasteiger partial charge in [0.15, 0.2) is 0 Å². The molecule has 0 radical (unpaired) electrons. The van der Waals surface area contributed by atoms with Crippen molar-refractivity contribution in [1.82, 2.24) is 4.90 Å². The molecule has 1 atom stereocenters. The molecule has 0 aromatic rings. The van der Waals surface area contributed by atoms with Crippen LogP contribution in [-0.4, -0.2) is 45.0 Å². The molecule has 0 N–H and O–H groups in total. The third kappa shape index (κ3) is 3.45. The molecule has 0 aromatic heterocycles. The fourth-order valence-corrected chi connectivity index (χ4v) is 2.74. The Bertz CT molecular complexity index is 343. The van der Waals surface area contributed by atoms with E-state index in [1.54, 1.807) is 0 Å². The Hall–Kier alpha value is -0.0900. The molecule has 0 saturated carbocycles. The van der Waals surface area contributed by atoms with Crippen LogP contribution in [-0.2, 0) is 9.84 Å². The van der Waals surface area contributed by atoms with Gasteiger partial charge in [0.1, 0.15) is 9.84 Å². The standard InChI is InChI=1S/C12H25NO2S/c1-11(2,3)12(4)6-7-13(10-12)8-9-16(5,14)15/h6-10H2,1-5H3. The van der Waals surface area contributed by atoms with Gasteiger partial charge in [0.05, 0.1) is 5.75 Å². The summed E-state index contributed by atoms with van der Waals surface area (Å²) in [5.74, 6) is 0.285. The largest absolute Gasteiger partial charge is 0.302 e. The quantitative estimate of drug-likeness (QED) is 0.763. The summed E-state index contributed by atoms with van der Waals surface area (Å²) >= 11 is 0. The molecular weight excluding hydrogens is 222 g/mol. The molecule has 0 aromatic carbocycles. The minimum Gasteiger partial charge on any atom is -0.302 e. The maximum absolute atomic E-state index is 11.1. The molecule has 1 fully saturated rings. The van der Waals surface area contributed by atoms with Gasteiger partial charge in [-0.2, -0.15) is 0 Å². The van der Waals surface area contributed by atoms with Gasteiger partial charge in [-0.25, -0.2) is 8.42 Å². The molecule has 1 aliphatic rings. The van der Waals surface area contributed by atoms with E-state index in [-0.39, 0.29) is 11.2 Å². The molecule has 0 amide bonds. The van der Waals surface area contributed by atoms with E-state index in [0.717, 1.165) is 13.1 Å². The summed E-state index contributed by atoms with van der Waals surface area (Å²) in [7, 11) is -2.83. The van der Waals surface area contributed by atoms with Gasteiger partial charge in [0.2, 0.25) is 0 Å². The van der Waals surface area contributed by atoms with Gasteiger partial charge in [-0.15, -0.1) is 0 Å². The number of hydrogen-bond donors (Lipinski definition) is 0. The van der Waals surface area contributed by atoms with E-state index in [4.69, 9.17) is 0 Å². The Morgan fingerprint density at radius 2 is 1.88 bits per heavy atom. The Morgan fingerprint density at radius 3 is 2.25 bits per heavy atom. The molecular formula is C12H25NO2S. The van der Waals surface area contributed by atoms with E-state index in [9.17, 15) is 8.42 Å². The summed E-state index contributed by atoms with van der Waals surface area (Å²) < 4.78 is 22.2. The Labute approximate surface area is 100 Å². The zero-order valence-electron chi connectivity index (χ0n) is 11.2. The number of nitrogens with zero attached hydrogens (tertiary/aromatic N) is 1. The highest BCUT2D eigenvalue weighted by Gasteiger charge is 2.42. The molecule has 0 aliphatic carbocycles. The van der Waals surface area contributed by atoms with Crippen molar-refractivity contribution >= 4 is 9.84 Å². The highest BCUT2D eigenvalue weighted by Crippen LogP contribution is 2.45. The van der Waals surface area contributed by atoms with Crippen molar-refractivity contribution in [2.24, 2.45) is 10.8 Å². The summed E-state index contributed by atoms with van der Waals surface area (Å²) in [6.07, 6.45) is 2.48. The first-order chi connectivity index (χ1) is 7.04. The molecule has 3 nitrogen and oxygen atoms in total. The Balaban J connectivity index is 2.53. The lowest BCUT2D eigenvalue weighted by Crippen LogP contribution is -2.37. The molecule has 16 heavy (non-hydrogen) atoms. The van der Waals surface area contributed by atoms with Crippen LogP contribution in [0.1, 0.15) is 34.1 Å². The van der Waals surface area contributed by atoms with Gasteiger partial charge in [0, 0.05) is 19.3 Å². The van der Waals surface area contributed by atoms with Crippen LogP contribution in [0.3, 0.4) is 0 Å². The van der Waals surface area contributed by atoms with Crippen molar-refractivity contribution in [3.8, 4) is 0 Å². The first-order valence-electron chi connectivity index (χ1n) is 5.94. The Morgan fingerprint density at radius 1 is 1.31 bits per heavy atom. The smallest absolute Gasteiger partial charge is 0.148 e. The predicted molar refractivity (Wildman–Crippen MR) is 68.3 cm³/mol. The summed E-state index contributed by atoms with van der Waals surface area (Å²) in [6.45, 7) is 11.9. The highest BCUT2D eigenvalue weighted by atomic mass is 32.2. The molecule has 4 heteroatoms. The zero-order chi connectivity index (χ0) is 12.6. The van der Waals surface area contributed by atoms with Crippen LogP contribution >= 0.6 is 0 Å². The summed E-state index contributed by atoms with van der Waals surface area (Å²) in [5.41, 5.74) is 0.595. The minimum absolute atomic E-state index is 0.285. The van der Waals surface area contributed by atoms with E-state index in [0.29, 0.717) is 12.0 Å². The highest BCUT2D eigenvalue weighted by molar-refractivity contribution is 7.90. The third-order valence-electron chi connectivity index (χ3n) is 4.14. The van der Waals surface area contributed by atoms with Gasteiger partial charge >= 0.3 is 0 Å². The van der Waals surface area contributed by atoms with Crippen LogP contribution in [0.15, 0.2) is 0 Å². The molecule has 1 rings (SSSR count). The van der Waals surface area contributed by atoms with Gasteiger partial charge in [-0.05, 0) is 23.8 Å². The van der Waals surface area contributed by atoms with Gasteiger partial charge < -0.3 is 4.90 Å². The number of hydrogen-bond acceptors (Lipinski definition) is 3. The van der Waals surface area contributed by atoms with Gasteiger partial charge in [0.25, 0.3) is 0 Å². The van der Waals surface area contributed by atoms with Crippen molar-refractivity contribution in [2.75, 3.05) is 31.6 Å². The van der Waals surface area contributed by atoms with Crippen molar-refractivity contribution in [3.63, 3.8) is 0 Å². The van der Waals surface area contributed by atoms with E-state index in [1.807, 2.05) is 0 Å². The minimum atomic E-state index is -2.83. The average Bonchev–Trinajstić information content (AvgIpc) is 2.43. The molecule has 0 spiro atoms. The number of likely N-dealkylation sites (tertiary alicyclic amines) is 1. The molecule has 1 heterocycles. The predicted octanol–water partition coefficient (Wildman–Crippen LogP) is 1.79. The van der Waals surface area contributed by atoms with Crippen LogP contribution in [0, 0.1) is 10.8 Å². The first kappa shape index (κ1) is 14.0. The lowest BCUT2D eigenvalue weighted by Gasteiger charge is -2.38. The van der Waals surface area contributed by atoms with E-state index in [1.165, 1.54) is 12.7 Å². The third-order valence-corrected chi connectivity index (χ3v) is 5.07. The van der Waals surface area contributed by atoms with Crippen LogP contribution in [0.4, 0.5) is 0 Å². The van der Waals surface area contributed by atoms with E-state index < -0.39 is 9.84 Å². The molecule has 1 aliphatic heterocycles. The summed E-state index contributed by atoms with van der Waals surface area (Å²) in [5, 5.41) is 0. The van der Waals surface area contributed by atoms with Gasteiger partial charge in [-0.3, -0.25) is 0 Å². The SMILES string of the molecule is CC(C)(C)C1(C)CCN(CCS(C)(=O)=O)C1. The van der Waals surface area contributed by atoms with E-state index in [2.05, 4.69) is 32.6 Å². The maximum Gasteiger partial charge on any atom is 0.148 e. The molecule has 0 bridgehead atoms. The summed E-state index contributed by atoms with van der Waals surface area (Å²) in [4.78, 5) is 2.28. The topological polar surface area (TPSA) is 37.4 Å². The average molecular weight is 247 g/mol. The van der Waals surface area contributed by atoms with Crippen molar-refractivity contribution in [3.05, 3.63) is 0 Å². The van der Waals surface area contributed by atoms with Crippen molar-refractivity contribution in [1.29, 1.82) is 0 Å². The molecule has 96 valence electrons. The monoisotopic (exact) mass is 247 g/mol. The van der Waals surface area contributed by atoms with Crippen LogP contribution < -0.4 is 0 Å². The fraction of sp³-hybridized carbons (Fsp3) is 1.00. The molecule has 1 unspecified atom stereocenters. The lowest BCUT2D eigenvalue weighted by molar-refractivity contribution is 0.116. The second kappa shape index (κ2) is 4.30. The second-order valence-electron chi connectivity index (χ2n) is 6.47. The van der Waals surface area contributed by atoms with Crippen molar-refractivity contribution < 1.29 is 8.42 Å². The fourth-order valence-electron chi connectivity index (χ4n) is 2.15. The lowest BCUT2D eigenvalue weighted by atomic mass is 9.67. The van der Waals surface area contributed by atoms with Crippen LogP contribution in [0.2, 0.25) is 0 Å². The number of sulfone groups is 1. The maximum atomic E-state index is 11.1. The zero-order valence-corrected chi connectivity index (χ0v) is 12.0.